The van der Waals surface area contributed by atoms with Gasteiger partial charge in [0.25, 0.3) is 0 Å². The van der Waals surface area contributed by atoms with Crippen molar-refractivity contribution >= 4 is 11.3 Å². The van der Waals surface area contributed by atoms with E-state index in [-0.39, 0.29) is 0 Å². The first kappa shape index (κ1) is 13.7. The highest BCUT2D eigenvalue weighted by Gasteiger charge is 2.29. The molecule has 1 aliphatic rings. The molecule has 3 rings (SSSR count). The summed E-state index contributed by atoms with van der Waals surface area (Å²) in [5.74, 6) is 1.55. The van der Waals surface area contributed by atoms with Crippen LogP contribution in [0.3, 0.4) is 0 Å². The molecular weight excluding hydrogens is 266 g/mol. The van der Waals surface area contributed by atoms with Crippen LogP contribution >= 0.6 is 11.3 Å². The van der Waals surface area contributed by atoms with Crippen LogP contribution in [0.4, 0.5) is 0 Å². The van der Waals surface area contributed by atoms with Crippen LogP contribution in [0.5, 0.6) is 5.75 Å². The topological polar surface area (TPSA) is 21.3 Å². The van der Waals surface area contributed by atoms with Gasteiger partial charge in [-0.2, -0.15) is 0 Å². The second-order valence-corrected chi connectivity index (χ2v) is 6.41. The summed E-state index contributed by atoms with van der Waals surface area (Å²) in [4.78, 5) is 2.90. The average molecular weight is 287 g/mol. The Kier molecular flexibility index (Phi) is 4.08. The Hall–Kier alpha value is -1.32. The maximum Gasteiger partial charge on any atom is 0.122 e. The molecule has 106 valence electrons. The Balaban J connectivity index is 1.94. The summed E-state index contributed by atoms with van der Waals surface area (Å²) in [5, 5.41) is 3.52. The molecular formula is C17H21NOS. The lowest BCUT2D eigenvalue weighted by Crippen LogP contribution is -2.27. The van der Waals surface area contributed by atoms with Gasteiger partial charge in [-0.1, -0.05) is 25.1 Å². The van der Waals surface area contributed by atoms with Gasteiger partial charge in [0.1, 0.15) is 5.75 Å². The Morgan fingerprint density at radius 3 is 2.90 bits per heavy atom. The molecule has 2 unspecified atom stereocenters. The lowest BCUT2D eigenvalue weighted by Gasteiger charge is -2.31. The van der Waals surface area contributed by atoms with Crippen LogP contribution in [0.1, 0.15) is 40.6 Å². The lowest BCUT2D eigenvalue weighted by molar-refractivity contribution is 0.249. The summed E-state index contributed by atoms with van der Waals surface area (Å²) in [6.45, 7) is 3.03. The van der Waals surface area contributed by atoms with Crippen molar-refractivity contribution in [2.45, 2.75) is 31.7 Å². The number of likely N-dealkylation sites (N-methyl/N-ethyl adjacent to an activating group) is 1. The third-order valence-corrected chi connectivity index (χ3v) is 5.37. The Morgan fingerprint density at radius 2 is 2.15 bits per heavy atom. The van der Waals surface area contributed by atoms with Crippen molar-refractivity contribution in [2.24, 2.45) is 0 Å². The standard InChI is InChI=1S/C17H21NOS/c1-3-12-8-9-16(20-12)17(18-2)14-10-11-19-15-7-5-4-6-13(14)15/h4-9,14,17-18H,3,10-11H2,1-2H3. The highest BCUT2D eigenvalue weighted by molar-refractivity contribution is 7.12. The minimum absolute atomic E-state index is 0.380. The van der Waals surface area contributed by atoms with E-state index in [1.54, 1.807) is 0 Å². The SMILES string of the molecule is CCc1ccc(C(NC)C2CCOc3ccccc32)s1. The summed E-state index contributed by atoms with van der Waals surface area (Å²) < 4.78 is 5.79. The number of hydrogen-bond acceptors (Lipinski definition) is 3. The van der Waals surface area contributed by atoms with Crippen molar-refractivity contribution < 1.29 is 4.74 Å². The van der Waals surface area contributed by atoms with Crippen molar-refractivity contribution in [3.05, 3.63) is 51.7 Å². The monoisotopic (exact) mass is 287 g/mol. The smallest absolute Gasteiger partial charge is 0.122 e. The first-order valence-corrected chi connectivity index (χ1v) is 8.12. The molecule has 1 aromatic heterocycles. The molecule has 0 radical (unpaired) electrons. The third kappa shape index (κ3) is 2.48. The van der Waals surface area contributed by atoms with Gasteiger partial charge in [0, 0.05) is 21.7 Å². The van der Waals surface area contributed by atoms with Gasteiger partial charge in [-0.05, 0) is 43.7 Å². The molecule has 1 aliphatic heterocycles. The summed E-state index contributed by atoms with van der Waals surface area (Å²) in [6, 6.07) is 13.4. The Morgan fingerprint density at radius 1 is 1.30 bits per heavy atom. The van der Waals surface area contributed by atoms with E-state index in [0.29, 0.717) is 12.0 Å². The predicted molar refractivity (Wildman–Crippen MR) is 84.8 cm³/mol. The molecule has 0 spiro atoms. The molecule has 20 heavy (non-hydrogen) atoms. The summed E-state index contributed by atoms with van der Waals surface area (Å²) in [5.41, 5.74) is 1.34. The van der Waals surface area contributed by atoms with E-state index in [1.807, 2.05) is 11.3 Å². The number of nitrogens with one attached hydrogen (secondary N) is 1. The number of aryl methyl sites for hydroxylation is 1. The van der Waals surface area contributed by atoms with Crippen LogP contribution in [-0.2, 0) is 6.42 Å². The molecule has 0 bridgehead atoms. The van der Waals surface area contributed by atoms with Gasteiger partial charge in [0.05, 0.1) is 6.61 Å². The van der Waals surface area contributed by atoms with Crippen LogP contribution in [-0.4, -0.2) is 13.7 Å². The van der Waals surface area contributed by atoms with E-state index in [1.165, 1.54) is 15.3 Å². The van der Waals surface area contributed by atoms with Gasteiger partial charge in [0.15, 0.2) is 0 Å². The largest absolute Gasteiger partial charge is 0.493 e. The maximum absolute atomic E-state index is 5.79. The molecule has 2 atom stereocenters. The van der Waals surface area contributed by atoms with E-state index >= 15 is 0 Å². The maximum atomic E-state index is 5.79. The normalized spacial score (nSPS) is 19.2. The second-order valence-electron chi connectivity index (χ2n) is 5.21. The summed E-state index contributed by atoms with van der Waals surface area (Å²) in [7, 11) is 2.06. The fraction of sp³-hybridized carbons (Fsp3) is 0.412. The fourth-order valence-electron chi connectivity index (χ4n) is 3.01. The zero-order chi connectivity index (χ0) is 13.9. The quantitative estimate of drug-likeness (QED) is 0.912. The molecule has 2 heterocycles. The number of thiophene rings is 1. The number of ether oxygens (including phenoxy) is 1. The van der Waals surface area contributed by atoms with E-state index in [9.17, 15) is 0 Å². The van der Waals surface area contributed by atoms with Gasteiger partial charge >= 0.3 is 0 Å². The highest BCUT2D eigenvalue weighted by Crippen LogP contribution is 2.42. The number of para-hydroxylation sites is 1. The van der Waals surface area contributed by atoms with Crippen LogP contribution in [0.15, 0.2) is 36.4 Å². The van der Waals surface area contributed by atoms with Gasteiger partial charge < -0.3 is 10.1 Å². The van der Waals surface area contributed by atoms with E-state index in [2.05, 4.69) is 55.7 Å². The van der Waals surface area contributed by atoms with Crippen LogP contribution in [0.25, 0.3) is 0 Å². The average Bonchev–Trinajstić information content (AvgIpc) is 2.97. The molecule has 1 N–H and O–H groups in total. The number of fused-ring (bicyclic) bond motifs is 1. The van der Waals surface area contributed by atoms with Gasteiger partial charge in [0.2, 0.25) is 0 Å². The van der Waals surface area contributed by atoms with Crippen molar-refractivity contribution in [1.82, 2.24) is 5.32 Å². The predicted octanol–water partition coefficient (Wildman–Crippen LogP) is 4.14. The van der Waals surface area contributed by atoms with E-state index in [0.717, 1.165) is 25.2 Å². The first-order chi connectivity index (χ1) is 9.83. The molecule has 0 saturated heterocycles. The molecule has 3 heteroatoms. The van der Waals surface area contributed by atoms with Crippen molar-refractivity contribution in [2.75, 3.05) is 13.7 Å². The van der Waals surface area contributed by atoms with Gasteiger partial charge in [-0.25, -0.2) is 0 Å². The summed E-state index contributed by atoms with van der Waals surface area (Å²) >= 11 is 1.93. The van der Waals surface area contributed by atoms with Crippen molar-refractivity contribution in [1.29, 1.82) is 0 Å². The second kappa shape index (κ2) is 5.98. The number of benzene rings is 1. The van der Waals surface area contributed by atoms with Crippen LogP contribution in [0.2, 0.25) is 0 Å². The van der Waals surface area contributed by atoms with Gasteiger partial charge in [-0.3, -0.25) is 0 Å². The van der Waals surface area contributed by atoms with Crippen LogP contribution in [0, 0.1) is 0 Å². The van der Waals surface area contributed by atoms with Crippen molar-refractivity contribution in [3.63, 3.8) is 0 Å². The first-order valence-electron chi connectivity index (χ1n) is 7.31. The lowest BCUT2D eigenvalue weighted by atomic mass is 9.86. The number of hydrogen-bond donors (Lipinski definition) is 1. The molecule has 0 amide bonds. The zero-order valence-corrected chi connectivity index (χ0v) is 12.9. The van der Waals surface area contributed by atoms with E-state index < -0.39 is 0 Å². The molecule has 2 aromatic rings. The third-order valence-electron chi connectivity index (χ3n) is 4.06. The summed E-state index contributed by atoms with van der Waals surface area (Å²) in [6.07, 6.45) is 2.19. The van der Waals surface area contributed by atoms with Gasteiger partial charge in [-0.15, -0.1) is 11.3 Å². The van der Waals surface area contributed by atoms with Crippen LogP contribution < -0.4 is 10.1 Å². The molecule has 0 saturated carbocycles. The molecule has 0 fully saturated rings. The fourth-order valence-corrected chi connectivity index (χ4v) is 4.14. The molecule has 0 aliphatic carbocycles. The van der Waals surface area contributed by atoms with E-state index in [4.69, 9.17) is 4.74 Å². The zero-order valence-electron chi connectivity index (χ0n) is 12.1. The molecule has 1 aromatic carbocycles. The Bertz CT molecular complexity index is 578. The van der Waals surface area contributed by atoms with Crippen molar-refractivity contribution in [3.8, 4) is 5.75 Å². The highest BCUT2D eigenvalue weighted by atomic mass is 32.1. The number of rotatable bonds is 4. The minimum atomic E-state index is 0.380. The Labute approximate surface area is 124 Å². The minimum Gasteiger partial charge on any atom is -0.493 e. The molecule has 2 nitrogen and oxygen atoms in total.